The molecule has 6 heteroatoms. The summed E-state index contributed by atoms with van der Waals surface area (Å²) in [6.07, 6.45) is 0. The fourth-order valence-electron chi connectivity index (χ4n) is 2.10. The Bertz CT molecular complexity index is 831. The maximum Gasteiger partial charge on any atom is 0.259 e. The van der Waals surface area contributed by atoms with Gasteiger partial charge in [0, 0.05) is 16.8 Å². The van der Waals surface area contributed by atoms with E-state index in [4.69, 9.17) is 16.1 Å². The summed E-state index contributed by atoms with van der Waals surface area (Å²) in [4.78, 5) is 12.5. The number of rotatable bonds is 4. The van der Waals surface area contributed by atoms with Crippen molar-refractivity contribution in [1.82, 2.24) is 5.16 Å². The van der Waals surface area contributed by atoms with Crippen molar-refractivity contribution < 1.29 is 9.32 Å². The van der Waals surface area contributed by atoms with Crippen LogP contribution in [0.4, 0.5) is 17.2 Å². The lowest BCUT2D eigenvalue weighted by atomic mass is 10.1. The van der Waals surface area contributed by atoms with Gasteiger partial charge in [-0.25, -0.2) is 0 Å². The summed E-state index contributed by atoms with van der Waals surface area (Å²) in [5, 5.41) is 10.1. The third-order valence-electron chi connectivity index (χ3n) is 3.15. The van der Waals surface area contributed by atoms with Crippen molar-refractivity contribution in [2.45, 2.75) is 6.92 Å². The van der Waals surface area contributed by atoms with Gasteiger partial charge in [0.2, 0.25) is 0 Å². The van der Waals surface area contributed by atoms with Crippen LogP contribution in [0.3, 0.4) is 0 Å². The molecule has 116 valence electrons. The molecule has 1 aromatic heterocycles. The molecule has 2 aromatic carbocycles. The molecule has 3 rings (SSSR count). The summed E-state index contributed by atoms with van der Waals surface area (Å²) in [5.41, 5.74) is 1.95. The number of hydrogen-bond acceptors (Lipinski definition) is 4. The molecule has 0 aliphatic carbocycles. The molecule has 0 unspecified atom stereocenters. The fraction of sp³-hybridized carbons (Fsp3) is 0.0588. The van der Waals surface area contributed by atoms with Crippen LogP contribution in [0.15, 0.2) is 59.1 Å². The molecule has 0 spiro atoms. The van der Waals surface area contributed by atoms with Crippen LogP contribution in [-0.4, -0.2) is 11.1 Å². The fourth-order valence-corrected chi connectivity index (χ4v) is 2.27. The van der Waals surface area contributed by atoms with E-state index in [1.165, 1.54) is 0 Å². The van der Waals surface area contributed by atoms with Crippen molar-refractivity contribution in [2.75, 3.05) is 10.6 Å². The number of nitrogens with one attached hydrogen (secondary N) is 2. The molecular formula is C17H14ClN3O2. The van der Waals surface area contributed by atoms with E-state index in [1.807, 2.05) is 30.3 Å². The largest absolute Gasteiger partial charge is 0.360 e. The number of nitrogens with zero attached hydrogens (tertiary/aromatic N) is 1. The maximum absolute atomic E-state index is 12.5. The number of carbonyl (C=O) groups is 1. The number of hydrogen-bond donors (Lipinski definition) is 2. The lowest BCUT2D eigenvalue weighted by Gasteiger charge is -2.12. The topological polar surface area (TPSA) is 67.2 Å². The first-order chi connectivity index (χ1) is 11.1. The predicted octanol–water partition coefficient (Wildman–Crippen LogP) is 4.63. The van der Waals surface area contributed by atoms with Gasteiger partial charge in [-0.3, -0.25) is 4.79 Å². The highest BCUT2D eigenvalue weighted by Crippen LogP contribution is 2.25. The summed E-state index contributed by atoms with van der Waals surface area (Å²) < 4.78 is 4.94. The number of aromatic nitrogens is 1. The predicted molar refractivity (Wildman–Crippen MR) is 90.4 cm³/mol. The summed E-state index contributed by atoms with van der Waals surface area (Å²) in [6.45, 7) is 1.75. The minimum absolute atomic E-state index is 0.320. The van der Waals surface area contributed by atoms with Gasteiger partial charge in [0.1, 0.15) is 5.76 Å². The Morgan fingerprint density at radius 2 is 1.91 bits per heavy atom. The van der Waals surface area contributed by atoms with Crippen LogP contribution in [0, 0.1) is 6.92 Å². The molecule has 1 amide bonds. The normalized spacial score (nSPS) is 10.3. The molecule has 0 atom stereocenters. The van der Waals surface area contributed by atoms with Gasteiger partial charge >= 0.3 is 0 Å². The number of aryl methyl sites for hydroxylation is 1. The minimum Gasteiger partial charge on any atom is -0.360 e. The van der Waals surface area contributed by atoms with Crippen LogP contribution in [-0.2, 0) is 0 Å². The zero-order chi connectivity index (χ0) is 16.2. The first kappa shape index (κ1) is 15.1. The van der Waals surface area contributed by atoms with Gasteiger partial charge in [-0.15, -0.1) is 0 Å². The van der Waals surface area contributed by atoms with Gasteiger partial charge in [0.15, 0.2) is 5.82 Å². The van der Waals surface area contributed by atoms with E-state index in [0.29, 0.717) is 27.9 Å². The third kappa shape index (κ3) is 3.70. The van der Waals surface area contributed by atoms with Crippen LogP contribution < -0.4 is 10.6 Å². The van der Waals surface area contributed by atoms with Crippen LogP contribution in [0.1, 0.15) is 16.1 Å². The molecule has 0 saturated carbocycles. The Morgan fingerprint density at radius 1 is 1.13 bits per heavy atom. The van der Waals surface area contributed by atoms with E-state index in [-0.39, 0.29) is 5.91 Å². The van der Waals surface area contributed by atoms with Gasteiger partial charge in [-0.2, -0.15) is 0 Å². The lowest BCUT2D eigenvalue weighted by molar-refractivity contribution is 0.102. The van der Waals surface area contributed by atoms with Crippen molar-refractivity contribution >= 4 is 34.7 Å². The third-order valence-corrected chi connectivity index (χ3v) is 3.38. The number of carbonyl (C=O) groups excluding carboxylic acids is 1. The second kappa shape index (κ2) is 6.54. The summed E-state index contributed by atoms with van der Waals surface area (Å²) in [6, 6.07) is 16.3. The zero-order valence-electron chi connectivity index (χ0n) is 12.3. The van der Waals surface area contributed by atoms with Gasteiger partial charge in [-0.05, 0) is 37.3 Å². The molecule has 23 heavy (non-hydrogen) atoms. The average molecular weight is 328 g/mol. The molecule has 0 aliphatic heterocycles. The zero-order valence-corrected chi connectivity index (χ0v) is 13.1. The standard InChI is InChI=1S/C17H14ClN3O2/c1-11-9-16(21-23-11)20-17(22)14-10-12(18)7-8-15(14)19-13-5-3-2-4-6-13/h2-10,19H,1H3,(H,20,21,22). The van der Waals surface area contributed by atoms with Crippen LogP contribution in [0.2, 0.25) is 5.02 Å². The second-order valence-corrected chi connectivity index (χ2v) is 5.39. The Balaban J connectivity index is 1.88. The van der Waals surface area contributed by atoms with E-state index in [0.717, 1.165) is 5.69 Å². The van der Waals surface area contributed by atoms with Gasteiger partial charge < -0.3 is 15.2 Å². The molecule has 2 N–H and O–H groups in total. The van der Waals surface area contributed by atoms with E-state index in [9.17, 15) is 4.79 Å². The number of benzene rings is 2. The van der Waals surface area contributed by atoms with E-state index in [2.05, 4.69) is 15.8 Å². The number of anilines is 3. The molecule has 1 heterocycles. The molecule has 0 aliphatic rings. The van der Waals surface area contributed by atoms with Gasteiger partial charge in [0.05, 0.1) is 11.3 Å². The van der Waals surface area contributed by atoms with Crippen LogP contribution in [0.25, 0.3) is 0 Å². The number of halogens is 1. The Labute approximate surface area is 138 Å². The molecule has 0 radical (unpaired) electrons. The summed E-state index contributed by atoms with van der Waals surface area (Å²) >= 11 is 6.03. The molecular weight excluding hydrogens is 314 g/mol. The van der Waals surface area contributed by atoms with Crippen molar-refractivity contribution in [1.29, 1.82) is 0 Å². The van der Waals surface area contributed by atoms with Crippen molar-refractivity contribution in [2.24, 2.45) is 0 Å². The lowest BCUT2D eigenvalue weighted by Crippen LogP contribution is -2.14. The highest BCUT2D eigenvalue weighted by molar-refractivity contribution is 6.31. The van der Waals surface area contributed by atoms with Crippen molar-refractivity contribution in [3.63, 3.8) is 0 Å². The SMILES string of the molecule is Cc1cc(NC(=O)c2cc(Cl)ccc2Nc2ccccc2)no1. The summed E-state index contributed by atoms with van der Waals surface area (Å²) in [7, 11) is 0. The van der Waals surface area contributed by atoms with Crippen molar-refractivity contribution in [3.05, 3.63) is 70.9 Å². The monoisotopic (exact) mass is 327 g/mol. The molecule has 0 saturated heterocycles. The Morgan fingerprint density at radius 3 is 2.61 bits per heavy atom. The van der Waals surface area contributed by atoms with E-state index < -0.39 is 0 Å². The highest BCUT2D eigenvalue weighted by atomic mass is 35.5. The molecule has 5 nitrogen and oxygen atoms in total. The van der Waals surface area contributed by atoms with Crippen molar-refractivity contribution in [3.8, 4) is 0 Å². The number of amides is 1. The first-order valence-corrected chi connectivity index (χ1v) is 7.36. The second-order valence-electron chi connectivity index (χ2n) is 4.96. The summed E-state index contributed by atoms with van der Waals surface area (Å²) in [5.74, 6) is 0.659. The Hall–Kier alpha value is -2.79. The van der Waals surface area contributed by atoms with Gasteiger partial charge in [-0.1, -0.05) is 35.0 Å². The van der Waals surface area contributed by atoms with Crippen LogP contribution >= 0.6 is 11.6 Å². The van der Waals surface area contributed by atoms with Crippen LogP contribution in [0.5, 0.6) is 0 Å². The first-order valence-electron chi connectivity index (χ1n) is 6.98. The maximum atomic E-state index is 12.5. The number of para-hydroxylation sites is 1. The quantitative estimate of drug-likeness (QED) is 0.733. The molecule has 0 bridgehead atoms. The highest BCUT2D eigenvalue weighted by Gasteiger charge is 2.14. The van der Waals surface area contributed by atoms with E-state index in [1.54, 1.807) is 31.2 Å². The van der Waals surface area contributed by atoms with Gasteiger partial charge in [0.25, 0.3) is 5.91 Å². The average Bonchev–Trinajstić information content (AvgIpc) is 2.95. The molecule has 3 aromatic rings. The minimum atomic E-state index is -0.320. The molecule has 0 fully saturated rings. The smallest absolute Gasteiger partial charge is 0.259 e. The Kier molecular flexibility index (Phi) is 4.30. The van der Waals surface area contributed by atoms with E-state index >= 15 is 0 Å².